The lowest BCUT2D eigenvalue weighted by Gasteiger charge is -2.24. The molecule has 0 unspecified atom stereocenters. The SMILES string of the molecule is CC(C)(C)n1nc2c(c1NC(=O)CC(c1ccccc1)c1ccccc1)CSC2. The molecule has 0 aliphatic carbocycles. The fourth-order valence-corrected chi connectivity index (χ4v) is 4.83. The molecule has 0 saturated carbocycles. The molecule has 1 amide bonds. The van der Waals surface area contributed by atoms with Gasteiger partial charge in [0.05, 0.1) is 11.2 Å². The number of nitrogens with one attached hydrogen (secondary N) is 1. The molecule has 5 heteroatoms. The highest BCUT2D eigenvalue weighted by Crippen LogP contribution is 2.37. The van der Waals surface area contributed by atoms with Gasteiger partial charge in [-0.3, -0.25) is 4.79 Å². The van der Waals surface area contributed by atoms with Crippen molar-refractivity contribution in [1.82, 2.24) is 9.78 Å². The van der Waals surface area contributed by atoms with Crippen molar-refractivity contribution in [3.63, 3.8) is 0 Å². The number of rotatable bonds is 5. The van der Waals surface area contributed by atoms with Gasteiger partial charge in [-0.15, -0.1) is 0 Å². The van der Waals surface area contributed by atoms with Crippen molar-refractivity contribution in [1.29, 1.82) is 0 Å². The molecule has 1 aliphatic heterocycles. The second kappa shape index (κ2) is 8.07. The lowest BCUT2D eigenvalue weighted by Crippen LogP contribution is -2.27. The van der Waals surface area contributed by atoms with Crippen molar-refractivity contribution in [3.05, 3.63) is 83.0 Å². The Morgan fingerprint density at radius 1 is 1.03 bits per heavy atom. The van der Waals surface area contributed by atoms with Gasteiger partial charge < -0.3 is 5.32 Å². The smallest absolute Gasteiger partial charge is 0.226 e. The molecular weight excluding hydrogens is 378 g/mol. The number of hydrogen-bond acceptors (Lipinski definition) is 3. The molecule has 0 atom stereocenters. The summed E-state index contributed by atoms with van der Waals surface area (Å²) >= 11 is 1.85. The maximum atomic E-state index is 13.2. The quantitative estimate of drug-likeness (QED) is 0.606. The van der Waals surface area contributed by atoms with Crippen LogP contribution in [0.25, 0.3) is 0 Å². The molecule has 4 nitrogen and oxygen atoms in total. The van der Waals surface area contributed by atoms with Gasteiger partial charge in [-0.05, 0) is 31.9 Å². The topological polar surface area (TPSA) is 46.9 Å². The summed E-state index contributed by atoms with van der Waals surface area (Å²) in [6.07, 6.45) is 0.394. The monoisotopic (exact) mass is 405 g/mol. The van der Waals surface area contributed by atoms with Crippen molar-refractivity contribution < 1.29 is 4.79 Å². The van der Waals surface area contributed by atoms with E-state index in [1.165, 1.54) is 5.56 Å². The van der Waals surface area contributed by atoms with Crippen LogP contribution < -0.4 is 5.32 Å². The van der Waals surface area contributed by atoms with Crippen LogP contribution >= 0.6 is 11.8 Å². The highest BCUT2D eigenvalue weighted by molar-refractivity contribution is 7.98. The van der Waals surface area contributed by atoms with Gasteiger partial charge in [-0.2, -0.15) is 16.9 Å². The van der Waals surface area contributed by atoms with Crippen LogP contribution in [0.4, 0.5) is 5.82 Å². The molecule has 0 bridgehead atoms. The molecule has 0 saturated heterocycles. The number of aromatic nitrogens is 2. The van der Waals surface area contributed by atoms with E-state index in [2.05, 4.69) is 50.4 Å². The van der Waals surface area contributed by atoms with Crippen molar-refractivity contribution >= 4 is 23.5 Å². The third-order valence-corrected chi connectivity index (χ3v) is 6.21. The molecule has 3 aromatic rings. The van der Waals surface area contributed by atoms with Crippen LogP contribution in [0.3, 0.4) is 0 Å². The molecule has 150 valence electrons. The Morgan fingerprint density at radius 3 is 2.17 bits per heavy atom. The van der Waals surface area contributed by atoms with Crippen LogP contribution in [0.2, 0.25) is 0 Å². The minimum absolute atomic E-state index is 0.0193. The molecule has 0 spiro atoms. The second-order valence-corrected chi connectivity index (χ2v) is 9.46. The van der Waals surface area contributed by atoms with Crippen LogP contribution in [0, 0.1) is 0 Å². The number of fused-ring (bicyclic) bond motifs is 1. The number of anilines is 1. The first kappa shape index (κ1) is 19.8. The van der Waals surface area contributed by atoms with Gasteiger partial charge in [0.25, 0.3) is 0 Å². The van der Waals surface area contributed by atoms with Gasteiger partial charge in [-0.1, -0.05) is 60.7 Å². The van der Waals surface area contributed by atoms with Crippen LogP contribution in [0.5, 0.6) is 0 Å². The van der Waals surface area contributed by atoms with Gasteiger partial charge in [0.15, 0.2) is 0 Å². The zero-order chi connectivity index (χ0) is 20.4. The summed E-state index contributed by atoms with van der Waals surface area (Å²) in [5.74, 6) is 2.72. The number of thioether (sulfide) groups is 1. The molecule has 0 fully saturated rings. The van der Waals surface area contributed by atoms with E-state index in [1.54, 1.807) is 0 Å². The first-order valence-corrected chi connectivity index (χ1v) is 11.2. The molecule has 2 heterocycles. The van der Waals surface area contributed by atoms with Gasteiger partial charge in [0, 0.05) is 29.4 Å². The Morgan fingerprint density at radius 2 is 1.62 bits per heavy atom. The molecule has 0 radical (unpaired) electrons. The average molecular weight is 406 g/mol. The Balaban J connectivity index is 1.62. The van der Waals surface area contributed by atoms with Crippen molar-refractivity contribution in [3.8, 4) is 0 Å². The fourth-order valence-electron chi connectivity index (χ4n) is 3.79. The normalized spacial score (nSPS) is 13.5. The maximum Gasteiger partial charge on any atom is 0.226 e. The number of carbonyl (C=O) groups excluding carboxylic acids is 1. The zero-order valence-electron chi connectivity index (χ0n) is 17.2. The van der Waals surface area contributed by atoms with E-state index in [0.717, 1.165) is 34.1 Å². The number of carbonyl (C=O) groups is 1. The summed E-state index contributed by atoms with van der Waals surface area (Å²) in [7, 11) is 0. The number of amides is 1. The summed E-state index contributed by atoms with van der Waals surface area (Å²) in [6, 6.07) is 20.5. The second-order valence-electron chi connectivity index (χ2n) is 8.48. The minimum Gasteiger partial charge on any atom is -0.311 e. The van der Waals surface area contributed by atoms with Crippen LogP contribution in [0.1, 0.15) is 55.5 Å². The Bertz CT molecular complexity index is 951. The largest absolute Gasteiger partial charge is 0.311 e. The molecule has 1 aromatic heterocycles. The first-order chi connectivity index (χ1) is 13.9. The van der Waals surface area contributed by atoms with E-state index in [4.69, 9.17) is 5.10 Å². The summed E-state index contributed by atoms with van der Waals surface area (Å²) in [5.41, 5.74) is 4.39. The molecule has 2 aromatic carbocycles. The van der Waals surface area contributed by atoms with Gasteiger partial charge in [-0.25, -0.2) is 4.68 Å². The Hall–Kier alpha value is -2.53. The highest BCUT2D eigenvalue weighted by atomic mass is 32.2. The van der Waals surface area contributed by atoms with Gasteiger partial charge >= 0.3 is 0 Å². The summed E-state index contributed by atoms with van der Waals surface area (Å²) < 4.78 is 1.98. The summed E-state index contributed by atoms with van der Waals surface area (Å²) in [6.45, 7) is 6.36. The Labute approximate surface area is 176 Å². The number of nitrogens with zero attached hydrogens (tertiary/aromatic N) is 2. The zero-order valence-corrected chi connectivity index (χ0v) is 18.0. The average Bonchev–Trinajstić information content (AvgIpc) is 3.30. The molecule has 1 aliphatic rings. The van der Waals surface area contributed by atoms with Crippen molar-refractivity contribution in [2.75, 3.05) is 5.32 Å². The molecular formula is C24H27N3OS. The van der Waals surface area contributed by atoms with Gasteiger partial charge in [0.1, 0.15) is 5.82 Å². The van der Waals surface area contributed by atoms with Gasteiger partial charge in [0.2, 0.25) is 5.91 Å². The van der Waals surface area contributed by atoms with Crippen molar-refractivity contribution in [2.24, 2.45) is 0 Å². The minimum atomic E-state index is -0.185. The molecule has 1 N–H and O–H groups in total. The Kier molecular flexibility index (Phi) is 5.50. The van der Waals surface area contributed by atoms with E-state index in [-0.39, 0.29) is 17.4 Å². The third kappa shape index (κ3) is 4.25. The maximum absolute atomic E-state index is 13.2. The summed E-state index contributed by atoms with van der Waals surface area (Å²) in [4.78, 5) is 13.2. The predicted octanol–water partition coefficient (Wildman–Crippen LogP) is 5.55. The highest BCUT2D eigenvalue weighted by Gasteiger charge is 2.29. The van der Waals surface area contributed by atoms with Crippen LogP contribution in [-0.2, 0) is 21.8 Å². The van der Waals surface area contributed by atoms with Crippen LogP contribution in [0.15, 0.2) is 60.7 Å². The van der Waals surface area contributed by atoms with E-state index in [9.17, 15) is 4.79 Å². The number of hydrogen-bond donors (Lipinski definition) is 1. The van der Waals surface area contributed by atoms with E-state index in [1.807, 2.05) is 52.8 Å². The van der Waals surface area contributed by atoms with Crippen LogP contribution in [-0.4, -0.2) is 15.7 Å². The van der Waals surface area contributed by atoms with Crippen molar-refractivity contribution in [2.45, 2.75) is 50.2 Å². The lowest BCUT2D eigenvalue weighted by molar-refractivity contribution is -0.116. The fraction of sp³-hybridized carbons (Fsp3) is 0.333. The first-order valence-electron chi connectivity index (χ1n) is 10.0. The molecule has 29 heavy (non-hydrogen) atoms. The van der Waals surface area contributed by atoms with E-state index >= 15 is 0 Å². The lowest BCUT2D eigenvalue weighted by atomic mass is 9.88. The number of benzene rings is 2. The predicted molar refractivity (Wildman–Crippen MR) is 120 cm³/mol. The third-order valence-electron chi connectivity index (χ3n) is 5.24. The summed E-state index contributed by atoms with van der Waals surface area (Å²) in [5, 5.41) is 8.01. The standard InChI is InChI=1S/C24H27N3OS/c1-24(2,3)27-23(20-15-29-16-21(20)26-27)25-22(28)14-19(17-10-6-4-7-11-17)18-12-8-5-9-13-18/h4-13,19H,14-16H2,1-3H3,(H,25,28). The van der Waals surface area contributed by atoms with E-state index in [0.29, 0.717) is 6.42 Å². The van der Waals surface area contributed by atoms with E-state index < -0.39 is 0 Å². The molecule has 4 rings (SSSR count).